The molecule has 0 bridgehead atoms. The molecule has 0 spiro atoms. The molecule has 0 aromatic carbocycles. The number of methoxy groups -OCH3 is 1. The Labute approximate surface area is 108 Å². The molecule has 0 saturated heterocycles. The molecule has 0 fully saturated rings. The third kappa shape index (κ3) is 3.63. The summed E-state index contributed by atoms with van der Waals surface area (Å²) in [7, 11) is 1.51. The van der Waals surface area contributed by atoms with Crippen molar-refractivity contribution in [2.24, 2.45) is 0 Å². The van der Waals surface area contributed by atoms with Gasteiger partial charge >= 0.3 is 5.97 Å². The van der Waals surface area contributed by atoms with Crippen molar-refractivity contribution in [2.75, 3.05) is 12.4 Å². The van der Waals surface area contributed by atoms with Crippen LogP contribution in [0.5, 0.6) is 5.88 Å². The average Bonchev–Trinajstić information content (AvgIpc) is 2.83. The summed E-state index contributed by atoms with van der Waals surface area (Å²) in [5.74, 6) is -0.0327. The van der Waals surface area contributed by atoms with Gasteiger partial charge in [-0.15, -0.1) is 5.10 Å². The third-order valence-electron chi connectivity index (χ3n) is 2.16. The van der Waals surface area contributed by atoms with Crippen molar-refractivity contribution < 1.29 is 14.6 Å². The molecule has 0 radical (unpaired) electrons. The van der Waals surface area contributed by atoms with Crippen molar-refractivity contribution in [3.63, 3.8) is 0 Å². The average molecular weight is 264 g/mol. The van der Waals surface area contributed by atoms with Gasteiger partial charge < -0.3 is 15.2 Å². The number of nitrogens with zero attached hydrogens (tertiary/aromatic N) is 5. The monoisotopic (exact) mass is 264 g/mol. The number of ether oxygens (including phenoxy) is 1. The molecule has 100 valence electrons. The maximum atomic E-state index is 10.5. The first-order valence-corrected chi connectivity index (χ1v) is 5.38. The summed E-state index contributed by atoms with van der Waals surface area (Å²) in [5, 5.41) is 19.1. The fourth-order valence-corrected chi connectivity index (χ4v) is 1.35. The van der Waals surface area contributed by atoms with Crippen LogP contribution < -0.4 is 10.1 Å². The first-order valence-electron chi connectivity index (χ1n) is 5.38. The molecule has 9 heteroatoms. The molecular weight excluding hydrogens is 252 g/mol. The van der Waals surface area contributed by atoms with E-state index in [0.29, 0.717) is 23.9 Å². The van der Waals surface area contributed by atoms with Gasteiger partial charge in [-0.05, 0) is 0 Å². The van der Waals surface area contributed by atoms with Crippen LogP contribution in [0.2, 0.25) is 0 Å². The van der Waals surface area contributed by atoms with Crippen LogP contribution >= 0.6 is 0 Å². The summed E-state index contributed by atoms with van der Waals surface area (Å²) >= 11 is 0. The topological polar surface area (TPSA) is 115 Å². The molecule has 2 rings (SSSR count). The minimum atomic E-state index is -0.969. The van der Waals surface area contributed by atoms with Crippen LogP contribution in [0.25, 0.3) is 0 Å². The van der Waals surface area contributed by atoms with Crippen molar-refractivity contribution in [2.45, 2.75) is 13.1 Å². The van der Waals surface area contributed by atoms with Gasteiger partial charge in [0.05, 0.1) is 32.2 Å². The summed E-state index contributed by atoms with van der Waals surface area (Å²) < 4.78 is 6.19. The molecule has 0 aliphatic rings. The highest BCUT2D eigenvalue weighted by molar-refractivity contribution is 5.66. The van der Waals surface area contributed by atoms with E-state index in [2.05, 4.69) is 25.6 Å². The Hall–Kier alpha value is -2.71. The Balaban J connectivity index is 1.94. The second-order valence-corrected chi connectivity index (χ2v) is 3.60. The lowest BCUT2D eigenvalue weighted by molar-refractivity contribution is -0.137. The van der Waals surface area contributed by atoms with Crippen molar-refractivity contribution in [3.05, 3.63) is 24.3 Å². The second kappa shape index (κ2) is 5.76. The molecule has 2 N–H and O–H groups in total. The van der Waals surface area contributed by atoms with Gasteiger partial charge in [-0.1, -0.05) is 5.21 Å². The highest BCUT2D eigenvalue weighted by atomic mass is 16.5. The molecule has 2 heterocycles. The summed E-state index contributed by atoms with van der Waals surface area (Å²) in [6.45, 7) is 0.146. The second-order valence-electron chi connectivity index (χ2n) is 3.60. The van der Waals surface area contributed by atoms with Crippen molar-refractivity contribution >= 4 is 11.8 Å². The summed E-state index contributed by atoms with van der Waals surface area (Å²) in [5.41, 5.74) is 0.603. The van der Waals surface area contributed by atoms with Gasteiger partial charge in [-0.2, -0.15) is 4.98 Å². The van der Waals surface area contributed by atoms with E-state index in [9.17, 15) is 4.79 Å². The van der Waals surface area contributed by atoms with E-state index in [1.54, 1.807) is 12.4 Å². The number of aromatic nitrogens is 5. The number of hydrogen-bond acceptors (Lipinski definition) is 7. The van der Waals surface area contributed by atoms with Gasteiger partial charge in [-0.3, -0.25) is 9.78 Å². The molecule has 2 aromatic rings. The van der Waals surface area contributed by atoms with Crippen molar-refractivity contribution in [1.29, 1.82) is 0 Å². The largest absolute Gasteiger partial charge is 0.480 e. The number of rotatable bonds is 6. The van der Waals surface area contributed by atoms with E-state index in [4.69, 9.17) is 9.84 Å². The molecule has 19 heavy (non-hydrogen) atoms. The molecule has 0 atom stereocenters. The number of aliphatic carboxylic acids is 1. The van der Waals surface area contributed by atoms with Crippen molar-refractivity contribution in [1.82, 2.24) is 25.0 Å². The molecule has 0 saturated carbocycles. The summed E-state index contributed by atoms with van der Waals surface area (Å²) in [6.07, 6.45) is 4.59. The lowest BCUT2D eigenvalue weighted by atomic mass is 10.4. The fraction of sp³-hybridized carbons (Fsp3) is 0.300. The number of nitrogens with one attached hydrogen (secondary N) is 1. The van der Waals surface area contributed by atoms with E-state index in [1.807, 2.05) is 0 Å². The molecule has 2 aromatic heterocycles. The van der Waals surface area contributed by atoms with E-state index in [1.165, 1.54) is 18.0 Å². The number of carboxylic acid groups (broad SMARTS) is 1. The minimum absolute atomic E-state index is 0.216. The molecule has 9 nitrogen and oxygen atoms in total. The molecule has 0 aliphatic heterocycles. The van der Waals surface area contributed by atoms with Gasteiger partial charge in [0.1, 0.15) is 18.1 Å². The minimum Gasteiger partial charge on any atom is -0.480 e. The Kier molecular flexibility index (Phi) is 3.86. The first-order chi connectivity index (χ1) is 9.17. The lowest BCUT2D eigenvalue weighted by Gasteiger charge is -2.03. The molecular formula is C10H12N6O3. The predicted molar refractivity (Wildman–Crippen MR) is 63.6 cm³/mol. The smallest absolute Gasteiger partial charge is 0.325 e. The van der Waals surface area contributed by atoms with Crippen molar-refractivity contribution in [3.8, 4) is 5.88 Å². The van der Waals surface area contributed by atoms with E-state index < -0.39 is 5.97 Å². The highest BCUT2D eigenvalue weighted by Gasteiger charge is 2.05. The van der Waals surface area contributed by atoms with Crippen LogP contribution in [0, 0.1) is 0 Å². The van der Waals surface area contributed by atoms with E-state index in [-0.39, 0.29) is 6.54 Å². The Bertz CT molecular complexity index is 570. The van der Waals surface area contributed by atoms with Crippen LogP contribution in [-0.2, 0) is 17.9 Å². The Morgan fingerprint density at radius 2 is 2.37 bits per heavy atom. The zero-order valence-corrected chi connectivity index (χ0v) is 10.1. The molecule has 0 aliphatic carbocycles. The fourth-order valence-electron chi connectivity index (χ4n) is 1.35. The van der Waals surface area contributed by atoms with E-state index in [0.717, 1.165) is 0 Å². The predicted octanol–water partition coefficient (Wildman–Crippen LogP) is -0.227. The van der Waals surface area contributed by atoms with Gasteiger partial charge in [-0.25, -0.2) is 4.68 Å². The standard InChI is InChI=1S/C10H12N6O3/c1-19-9-4-11-3-8(13-9)12-2-7-5-16(15-14-7)6-10(17)18/h3-5H,2,6H2,1H3,(H,12,13)(H,17,18). The van der Waals surface area contributed by atoms with Crippen LogP contribution in [0.15, 0.2) is 18.6 Å². The maximum Gasteiger partial charge on any atom is 0.325 e. The van der Waals surface area contributed by atoms with Crippen LogP contribution in [0.4, 0.5) is 5.82 Å². The highest BCUT2D eigenvalue weighted by Crippen LogP contribution is 2.08. The lowest BCUT2D eigenvalue weighted by Crippen LogP contribution is -2.09. The summed E-state index contributed by atoms with van der Waals surface area (Å²) in [6, 6.07) is 0. The van der Waals surface area contributed by atoms with Gasteiger partial charge in [0.2, 0.25) is 5.88 Å². The quantitative estimate of drug-likeness (QED) is 0.735. The molecule has 0 amide bonds. The van der Waals surface area contributed by atoms with Crippen LogP contribution in [0.1, 0.15) is 5.69 Å². The number of hydrogen-bond donors (Lipinski definition) is 2. The Morgan fingerprint density at radius 3 is 3.11 bits per heavy atom. The van der Waals surface area contributed by atoms with Gasteiger partial charge in [0, 0.05) is 0 Å². The van der Waals surface area contributed by atoms with Crippen LogP contribution in [0.3, 0.4) is 0 Å². The maximum absolute atomic E-state index is 10.5. The number of carbonyl (C=O) groups is 1. The number of carboxylic acids is 1. The Morgan fingerprint density at radius 1 is 1.53 bits per heavy atom. The van der Waals surface area contributed by atoms with Gasteiger partial charge in [0.25, 0.3) is 0 Å². The SMILES string of the molecule is COc1cncc(NCc2cn(CC(=O)O)nn2)n1. The van der Waals surface area contributed by atoms with E-state index >= 15 is 0 Å². The zero-order chi connectivity index (χ0) is 13.7. The zero-order valence-electron chi connectivity index (χ0n) is 10.1. The van der Waals surface area contributed by atoms with Gasteiger partial charge in [0.15, 0.2) is 0 Å². The summed E-state index contributed by atoms with van der Waals surface area (Å²) in [4.78, 5) is 18.6. The number of anilines is 1. The normalized spacial score (nSPS) is 10.2. The third-order valence-corrected chi connectivity index (χ3v) is 2.16. The first kappa shape index (κ1) is 12.7. The molecule has 0 unspecified atom stereocenters. The van der Waals surface area contributed by atoms with Crippen LogP contribution in [-0.4, -0.2) is 43.1 Å².